The van der Waals surface area contributed by atoms with E-state index in [1.54, 1.807) is 30.3 Å². The van der Waals surface area contributed by atoms with Gasteiger partial charge in [-0.1, -0.05) is 60.4 Å². The summed E-state index contributed by atoms with van der Waals surface area (Å²) in [6, 6.07) is 17.3. The number of carbonyl (C=O) groups is 2. The Balaban J connectivity index is 1.62. The van der Waals surface area contributed by atoms with E-state index < -0.39 is 5.97 Å². The SMILES string of the molecule is Cc1ccccc1N1C(=O)/C(=C\c2ccc(-c3cccc(C(=O)[O-])c3)o2)SC1=S. The minimum Gasteiger partial charge on any atom is -0.545 e. The molecule has 1 saturated heterocycles. The van der Waals surface area contributed by atoms with E-state index in [9.17, 15) is 14.7 Å². The largest absolute Gasteiger partial charge is 0.545 e. The molecule has 0 unspecified atom stereocenters. The molecule has 0 bridgehead atoms. The molecule has 2 heterocycles. The highest BCUT2D eigenvalue weighted by atomic mass is 32.2. The summed E-state index contributed by atoms with van der Waals surface area (Å²) in [7, 11) is 0. The minimum atomic E-state index is -1.25. The molecule has 0 aliphatic carbocycles. The van der Waals surface area contributed by atoms with E-state index in [0.29, 0.717) is 26.3 Å². The Bertz CT molecular complexity index is 1180. The molecule has 1 aromatic heterocycles. The topological polar surface area (TPSA) is 73.6 Å². The third kappa shape index (κ3) is 3.74. The van der Waals surface area contributed by atoms with Gasteiger partial charge in [-0.25, -0.2) is 0 Å². The quantitative estimate of drug-likeness (QED) is 0.469. The molecule has 1 fully saturated rings. The molecule has 0 atom stereocenters. The van der Waals surface area contributed by atoms with Crippen molar-refractivity contribution >= 4 is 51.9 Å². The van der Waals surface area contributed by atoms with Gasteiger partial charge in [0.2, 0.25) is 0 Å². The van der Waals surface area contributed by atoms with Gasteiger partial charge in [0.05, 0.1) is 16.6 Å². The van der Waals surface area contributed by atoms with Crippen molar-refractivity contribution in [2.45, 2.75) is 6.92 Å². The summed E-state index contributed by atoms with van der Waals surface area (Å²) in [5.41, 5.74) is 2.40. The van der Waals surface area contributed by atoms with Crippen LogP contribution in [0.5, 0.6) is 0 Å². The second-order valence-corrected chi connectivity index (χ2v) is 8.05. The van der Waals surface area contributed by atoms with Crippen LogP contribution in [0.2, 0.25) is 0 Å². The number of aryl methyl sites for hydroxylation is 1. The smallest absolute Gasteiger partial charge is 0.270 e. The first-order chi connectivity index (χ1) is 13.9. The summed E-state index contributed by atoms with van der Waals surface area (Å²) >= 11 is 6.62. The lowest BCUT2D eigenvalue weighted by molar-refractivity contribution is -0.255. The molecule has 5 nitrogen and oxygen atoms in total. The standard InChI is InChI=1S/C22H15NO4S2/c1-13-5-2-3-8-17(13)23-20(24)19(29-22(23)28)12-16-9-10-18(27-16)14-6-4-7-15(11-14)21(25)26/h2-12H,1H3,(H,25,26)/p-1/b19-12+. The summed E-state index contributed by atoms with van der Waals surface area (Å²) in [4.78, 5) is 25.9. The first kappa shape index (κ1) is 19.2. The molecule has 4 rings (SSSR count). The molecule has 0 saturated carbocycles. The predicted octanol–water partition coefficient (Wildman–Crippen LogP) is 4.02. The molecule has 1 amide bonds. The lowest BCUT2D eigenvalue weighted by atomic mass is 10.1. The van der Waals surface area contributed by atoms with E-state index >= 15 is 0 Å². The van der Waals surface area contributed by atoms with E-state index in [0.717, 1.165) is 11.3 Å². The number of aromatic carboxylic acids is 1. The molecule has 2 aromatic carbocycles. The molecular weight excluding hydrogens is 406 g/mol. The zero-order valence-corrected chi connectivity index (χ0v) is 16.9. The summed E-state index contributed by atoms with van der Waals surface area (Å²) in [5.74, 6) is -0.484. The van der Waals surface area contributed by atoms with E-state index in [1.165, 1.54) is 28.8 Å². The fraction of sp³-hybridized carbons (Fsp3) is 0.0455. The van der Waals surface area contributed by atoms with Crippen LogP contribution in [0.1, 0.15) is 21.7 Å². The number of furan rings is 1. The monoisotopic (exact) mass is 420 g/mol. The van der Waals surface area contributed by atoms with Gasteiger partial charge in [-0.15, -0.1) is 0 Å². The number of thioether (sulfide) groups is 1. The van der Waals surface area contributed by atoms with E-state index in [2.05, 4.69) is 0 Å². The van der Waals surface area contributed by atoms with Crippen LogP contribution in [0.4, 0.5) is 5.69 Å². The first-order valence-corrected chi connectivity index (χ1v) is 9.92. The molecule has 29 heavy (non-hydrogen) atoms. The number of amides is 1. The molecule has 0 spiro atoms. The number of hydrogen-bond donors (Lipinski definition) is 0. The number of nitrogens with zero attached hydrogens (tertiary/aromatic N) is 1. The van der Waals surface area contributed by atoms with Gasteiger partial charge in [0.1, 0.15) is 11.5 Å². The molecule has 0 N–H and O–H groups in total. The zero-order chi connectivity index (χ0) is 20.5. The molecule has 0 radical (unpaired) electrons. The maximum atomic E-state index is 12.9. The number of carbonyl (C=O) groups excluding carboxylic acids is 2. The second kappa shape index (κ2) is 7.69. The van der Waals surface area contributed by atoms with Gasteiger partial charge >= 0.3 is 0 Å². The van der Waals surface area contributed by atoms with E-state index in [1.807, 2.05) is 31.2 Å². The molecule has 3 aromatic rings. The summed E-state index contributed by atoms with van der Waals surface area (Å²) in [5, 5.41) is 11.1. The molecule has 1 aliphatic rings. The van der Waals surface area contributed by atoms with Crippen LogP contribution in [0.15, 0.2) is 70.0 Å². The van der Waals surface area contributed by atoms with Gasteiger partial charge in [0.25, 0.3) is 5.91 Å². The van der Waals surface area contributed by atoms with Crippen molar-refractivity contribution in [2.75, 3.05) is 4.90 Å². The van der Waals surface area contributed by atoms with Crippen molar-refractivity contribution in [3.05, 3.63) is 82.5 Å². The highest BCUT2D eigenvalue weighted by molar-refractivity contribution is 8.27. The second-order valence-electron chi connectivity index (χ2n) is 6.37. The van der Waals surface area contributed by atoms with E-state index in [4.69, 9.17) is 16.6 Å². The van der Waals surface area contributed by atoms with E-state index in [-0.39, 0.29) is 11.5 Å². The number of rotatable bonds is 4. The van der Waals surface area contributed by atoms with Crippen LogP contribution in [0, 0.1) is 6.92 Å². The number of thiocarbonyl (C=S) groups is 1. The third-order valence-electron chi connectivity index (χ3n) is 4.43. The van der Waals surface area contributed by atoms with Crippen molar-refractivity contribution in [3.63, 3.8) is 0 Å². The van der Waals surface area contributed by atoms with Crippen molar-refractivity contribution in [3.8, 4) is 11.3 Å². The Labute approximate surface area is 176 Å². The van der Waals surface area contributed by atoms with Crippen LogP contribution in [-0.4, -0.2) is 16.2 Å². The van der Waals surface area contributed by atoms with Gasteiger partial charge in [0.15, 0.2) is 4.32 Å². The maximum absolute atomic E-state index is 12.9. The number of hydrogen-bond acceptors (Lipinski definition) is 6. The average molecular weight is 420 g/mol. The number of para-hydroxylation sites is 1. The Morgan fingerprint density at radius 3 is 2.69 bits per heavy atom. The van der Waals surface area contributed by atoms with Gasteiger partial charge < -0.3 is 14.3 Å². The third-order valence-corrected chi connectivity index (χ3v) is 5.74. The van der Waals surface area contributed by atoms with Crippen molar-refractivity contribution in [1.82, 2.24) is 0 Å². The predicted molar refractivity (Wildman–Crippen MR) is 115 cm³/mol. The van der Waals surface area contributed by atoms with Crippen LogP contribution in [-0.2, 0) is 4.79 Å². The number of anilines is 1. The van der Waals surface area contributed by atoms with Crippen LogP contribution in [0.25, 0.3) is 17.4 Å². The van der Waals surface area contributed by atoms with Gasteiger partial charge in [0, 0.05) is 11.6 Å². The minimum absolute atomic E-state index is 0.0690. The van der Waals surface area contributed by atoms with Crippen LogP contribution < -0.4 is 10.0 Å². The molecule has 7 heteroatoms. The number of benzene rings is 2. The highest BCUT2D eigenvalue weighted by Gasteiger charge is 2.34. The molecule has 1 aliphatic heterocycles. The van der Waals surface area contributed by atoms with Gasteiger partial charge in [-0.05, 0) is 42.3 Å². The van der Waals surface area contributed by atoms with Crippen molar-refractivity contribution < 1.29 is 19.1 Å². The summed E-state index contributed by atoms with van der Waals surface area (Å²) in [6.07, 6.45) is 1.64. The lowest BCUT2D eigenvalue weighted by Crippen LogP contribution is -2.28. The highest BCUT2D eigenvalue weighted by Crippen LogP contribution is 2.37. The van der Waals surface area contributed by atoms with Crippen LogP contribution in [0.3, 0.4) is 0 Å². The van der Waals surface area contributed by atoms with Crippen molar-refractivity contribution in [2.24, 2.45) is 0 Å². The molecule has 144 valence electrons. The van der Waals surface area contributed by atoms with Gasteiger partial charge in [-0.2, -0.15) is 0 Å². The number of carboxylic acid groups (broad SMARTS) is 1. The Morgan fingerprint density at radius 1 is 1.14 bits per heavy atom. The zero-order valence-electron chi connectivity index (χ0n) is 15.2. The lowest BCUT2D eigenvalue weighted by Gasteiger charge is -2.16. The number of carboxylic acids is 1. The summed E-state index contributed by atoms with van der Waals surface area (Å²) in [6.45, 7) is 1.93. The van der Waals surface area contributed by atoms with Crippen molar-refractivity contribution in [1.29, 1.82) is 0 Å². The fourth-order valence-corrected chi connectivity index (χ4v) is 4.27. The van der Waals surface area contributed by atoms with Crippen LogP contribution >= 0.6 is 24.0 Å². The average Bonchev–Trinajstić information content (AvgIpc) is 3.28. The molecular formula is C22H14NO4S2-. The first-order valence-electron chi connectivity index (χ1n) is 8.69. The normalized spacial score (nSPS) is 15.3. The maximum Gasteiger partial charge on any atom is 0.270 e. The Hall–Kier alpha value is -3.16. The summed E-state index contributed by atoms with van der Waals surface area (Å²) < 4.78 is 6.26. The van der Waals surface area contributed by atoms with Gasteiger partial charge in [-0.3, -0.25) is 9.69 Å². The Morgan fingerprint density at radius 2 is 1.93 bits per heavy atom. The Kier molecular flexibility index (Phi) is 5.08. The fourth-order valence-electron chi connectivity index (χ4n) is 3.00.